The summed E-state index contributed by atoms with van der Waals surface area (Å²) >= 11 is 0. The topological polar surface area (TPSA) is 83.8 Å². The van der Waals surface area contributed by atoms with Crippen molar-refractivity contribution in [1.82, 2.24) is 0 Å². The number of benzene rings is 1. The van der Waals surface area contributed by atoms with Crippen LogP contribution in [0, 0.1) is 0 Å². The van der Waals surface area contributed by atoms with Crippen LogP contribution in [0.25, 0.3) is 0 Å². The molecule has 1 aromatic rings. The third-order valence-electron chi connectivity index (χ3n) is 1.71. The Hall–Kier alpha value is -1.11. The second kappa shape index (κ2) is 3.95. The predicted octanol–water partition coefficient (Wildman–Crippen LogP) is 0.434. The minimum Gasteiger partial charge on any atom is -0.495 e. The first-order valence-electron chi connectivity index (χ1n) is 3.75. The van der Waals surface area contributed by atoms with Crippen molar-refractivity contribution in [2.24, 2.45) is 0 Å². The van der Waals surface area contributed by atoms with E-state index in [1.54, 1.807) is 0 Å². The summed E-state index contributed by atoms with van der Waals surface area (Å²) in [6.07, 6.45) is 0. The van der Waals surface area contributed by atoms with Gasteiger partial charge >= 0.3 is 0 Å². The van der Waals surface area contributed by atoms with Gasteiger partial charge in [0.1, 0.15) is 10.6 Å². The Balaban J connectivity index is 3.50. The van der Waals surface area contributed by atoms with E-state index >= 15 is 0 Å². The number of hydrogen-bond acceptors (Lipinski definition) is 4. The fourth-order valence-electron chi connectivity index (χ4n) is 1.14. The van der Waals surface area contributed by atoms with E-state index in [0.29, 0.717) is 0 Å². The van der Waals surface area contributed by atoms with Crippen LogP contribution < -0.4 is 4.74 Å². The lowest BCUT2D eigenvalue weighted by molar-refractivity contribution is 0.276. The van der Waals surface area contributed by atoms with E-state index in [1.807, 2.05) is 0 Å². The van der Waals surface area contributed by atoms with Gasteiger partial charge in [0.25, 0.3) is 10.1 Å². The molecule has 6 heteroatoms. The van der Waals surface area contributed by atoms with Crippen LogP contribution in [0.15, 0.2) is 23.1 Å². The first-order chi connectivity index (χ1) is 6.50. The fraction of sp³-hybridized carbons (Fsp3) is 0.250. The number of rotatable bonds is 3. The minimum absolute atomic E-state index is 0.0130. The molecule has 0 saturated heterocycles. The van der Waals surface area contributed by atoms with Crippen LogP contribution in [0.5, 0.6) is 5.75 Å². The van der Waals surface area contributed by atoms with Crippen molar-refractivity contribution in [1.29, 1.82) is 0 Å². The molecule has 2 N–H and O–H groups in total. The molecule has 1 aromatic carbocycles. The lowest BCUT2D eigenvalue weighted by Crippen LogP contribution is -2.05. The number of ether oxygens (including phenoxy) is 1. The molecule has 0 aromatic heterocycles. The van der Waals surface area contributed by atoms with Gasteiger partial charge in [-0.05, 0) is 6.07 Å². The molecule has 5 nitrogen and oxygen atoms in total. The molecule has 0 unspecified atom stereocenters. The normalized spacial score (nSPS) is 11.4. The summed E-state index contributed by atoms with van der Waals surface area (Å²) in [6.45, 7) is -0.480. The van der Waals surface area contributed by atoms with Crippen molar-refractivity contribution in [2.75, 3.05) is 7.11 Å². The van der Waals surface area contributed by atoms with Crippen LogP contribution in [0.3, 0.4) is 0 Å². The number of aliphatic hydroxyl groups is 1. The Morgan fingerprint density at radius 1 is 1.43 bits per heavy atom. The monoisotopic (exact) mass is 218 g/mol. The van der Waals surface area contributed by atoms with E-state index < -0.39 is 16.7 Å². The smallest absolute Gasteiger partial charge is 0.298 e. The zero-order chi connectivity index (χ0) is 10.8. The van der Waals surface area contributed by atoms with E-state index in [9.17, 15) is 8.42 Å². The van der Waals surface area contributed by atoms with Crippen LogP contribution in [-0.4, -0.2) is 25.2 Å². The van der Waals surface area contributed by atoms with Crippen molar-refractivity contribution < 1.29 is 22.8 Å². The Bertz CT molecular complexity index is 401. The van der Waals surface area contributed by atoms with E-state index in [4.69, 9.17) is 14.4 Å². The Kier molecular flexibility index (Phi) is 3.10. The van der Waals surface area contributed by atoms with Gasteiger partial charge in [-0.2, -0.15) is 8.42 Å². The van der Waals surface area contributed by atoms with Crippen molar-refractivity contribution in [3.8, 4) is 5.75 Å². The standard InChI is InChI=1S/C8H10O5S/c1-13-7-4-2-3-6(5-9)8(7)14(10,11)12/h2-4,9H,5H2,1H3,(H,10,11,12). The van der Waals surface area contributed by atoms with Gasteiger partial charge in [0.15, 0.2) is 0 Å². The van der Waals surface area contributed by atoms with Crippen LogP contribution >= 0.6 is 0 Å². The van der Waals surface area contributed by atoms with E-state index in [-0.39, 0.29) is 16.2 Å². The SMILES string of the molecule is COc1cccc(CO)c1S(=O)(=O)O. The largest absolute Gasteiger partial charge is 0.495 e. The Morgan fingerprint density at radius 3 is 2.50 bits per heavy atom. The molecule has 1 rings (SSSR count). The molecule has 78 valence electrons. The van der Waals surface area contributed by atoms with Crippen molar-refractivity contribution in [3.05, 3.63) is 23.8 Å². The third-order valence-corrected chi connectivity index (χ3v) is 2.69. The molecule has 0 spiro atoms. The molecule has 0 fully saturated rings. The molecule has 14 heavy (non-hydrogen) atoms. The van der Waals surface area contributed by atoms with E-state index in [2.05, 4.69) is 0 Å². The highest BCUT2D eigenvalue weighted by Gasteiger charge is 2.20. The van der Waals surface area contributed by atoms with Crippen molar-refractivity contribution in [3.63, 3.8) is 0 Å². The number of methoxy groups -OCH3 is 1. The zero-order valence-electron chi connectivity index (χ0n) is 7.47. The highest BCUT2D eigenvalue weighted by Crippen LogP contribution is 2.26. The van der Waals surface area contributed by atoms with Gasteiger partial charge < -0.3 is 9.84 Å². The average molecular weight is 218 g/mol. The minimum atomic E-state index is -4.37. The van der Waals surface area contributed by atoms with Crippen LogP contribution in [0.2, 0.25) is 0 Å². The molecular weight excluding hydrogens is 208 g/mol. The van der Waals surface area contributed by atoms with Gasteiger partial charge in [0.2, 0.25) is 0 Å². The molecule has 0 heterocycles. The van der Waals surface area contributed by atoms with Gasteiger partial charge in [-0.25, -0.2) is 0 Å². The third kappa shape index (κ3) is 2.03. The zero-order valence-corrected chi connectivity index (χ0v) is 8.28. The molecule has 0 aliphatic rings. The summed E-state index contributed by atoms with van der Waals surface area (Å²) < 4.78 is 35.6. The van der Waals surface area contributed by atoms with Gasteiger partial charge in [-0.1, -0.05) is 12.1 Å². The maximum Gasteiger partial charge on any atom is 0.298 e. The summed E-state index contributed by atoms with van der Waals surface area (Å²) in [6, 6.07) is 4.31. The van der Waals surface area contributed by atoms with Gasteiger partial charge in [-0.15, -0.1) is 0 Å². The fourth-order valence-corrected chi connectivity index (χ4v) is 2.01. The van der Waals surface area contributed by atoms with Crippen LogP contribution in [0.1, 0.15) is 5.56 Å². The van der Waals surface area contributed by atoms with Gasteiger partial charge in [0.05, 0.1) is 13.7 Å². The summed E-state index contributed by atoms with van der Waals surface area (Å²) in [5.41, 5.74) is 0.104. The second-order valence-corrected chi connectivity index (χ2v) is 3.94. The first kappa shape index (κ1) is 11.0. The summed E-state index contributed by atoms with van der Waals surface area (Å²) in [4.78, 5) is -0.384. The lowest BCUT2D eigenvalue weighted by atomic mass is 10.2. The maximum atomic E-state index is 11.0. The molecule has 0 aliphatic heterocycles. The summed E-state index contributed by atoms with van der Waals surface area (Å²) in [5, 5.41) is 8.87. The average Bonchev–Trinajstić information content (AvgIpc) is 2.15. The summed E-state index contributed by atoms with van der Waals surface area (Å²) in [7, 11) is -3.09. The Morgan fingerprint density at radius 2 is 2.07 bits per heavy atom. The summed E-state index contributed by atoms with van der Waals surface area (Å²) in [5.74, 6) is 0.0130. The van der Waals surface area contributed by atoms with E-state index in [0.717, 1.165) is 0 Å². The number of aliphatic hydroxyl groups excluding tert-OH is 1. The molecule has 0 aliphatic carbocycles. The second-order valence-electron chi connectivity index (χ2n) is 2.58. The van der Waals surface area contributed by atoms with Crippen LogP contribution in [0.4, 0.5) is 0 Å². The Labute approximate surface area is 81.7 Å². The molecule has 0 atom stereocenters. The molecule has 0 bridgehead atoms. The van der Waals surface area contributed by atoms with Crippen molar-refractivity contribution >= 4 is 10.1 Å². The van der Waals surface area contributed by atoms with Crippen molar-refractivity contribution in [2.45, 2.75) is 11.5 Å². The van der Waals surface area contributed by atoms with E-state index in [1.165, 1.54) is 25.3 Å². The van der Waals surface area contributed by atoms with Crippen LogP contribution in [-0.2, 0) is 16.7 Å². The highest BCUT2D eigenvalue weighted by atomic mass is 32.2. The molecule has 0 saturated carbocycles. The molecule has 0 radical (unpaired) electrons. The van der Waals surface area contributed by atoms with Gasteiger partial charge in [-0.3, -0.25) is 4.55 Å². The van der Waals surface area contributed by atoms with Gasteiger partial charge in [0, 0.05) is 5.56 Å². The maximum absolute atomic E-state index is 11.0. The quantitative estimate of drug-likeness (QED) is 0.719. The highest BCUT2D eigenvalue weighted by molar-refractivity contribution is 7.86. The lowest BCUT2D eigenvalue weighted by Gasteiger charge is -2.08. The first-order valence-corrected chi connectivity index (χ1v) is 5.19. The molecular formula is C8H10O5S. The molecule has 0 amide bonds. The predicted molar refractivity (Wildman–Crippen MR) is 48.7 cm³/mol. The number of hydrogen-bond donors (Lipinski definition) is 2.